The van der Waals surface area contributed by atoms with E-state index < -0.39 is 0 Å². The summed E-state index contributed by atoms with van der Waals surface area (Å²) >= 11 is 12.1. The van der Waals surface area contributed by atoms with Crippen LogP contribution in [0.5, 0.6) is 0 Å². The number of hydrogen-bond donors (Lipinski definition) is 2. The van der Waals surface area contributed by atoms with Crippen LogP contribution >= 0.6 is 23.2 Å². The monoisotopic (exact) mass is 370 g/mol. The molecule has 0 amide bonds. The second kappa shape index (κ2) is 7.55. The summed E-state index contributed by atoms with van der Waals surface area (Å²) in [5.74, 6) is 0.422. The van der Waals surface area contributed by atoms with Crippen LogP contribution in [0.1, 0.15) is 11.3 Å². The zero-order chi connectivity index (χ0) is 17.8. The third kappa shape index (κ3) is 4.10. The number of rotatable bonds is 4. The van der Waals surface area contributed by atoms with E-state index in [1.165, 1.54) is 5.56 Å². The average molecular weight is 371 g/mol. The molecule has 0 aliphatic rings. The van der Waals surface area contributed by atoms with E-state index in [1.807, 2.05) is 36.4 Å². The van der Waals surface area contributed by atoms with Gasteiger partial charge in [0, 0.05) is 5.56 Å². The largest absolute Gasteiger partial charge is 0.383 e. The SMILES string of the molecule is Nc1nc(N)c(-c2ccc(Cl)c(Cl)c2)c(/C=C/Cc2ccccc2)n1. The maximum absolute atomic E-state index is 6.13. The van der Waals surface area contributed by atoms with Gasteiger partial charge >= 0.3 is 0 Å². The van der Waals surface area contributed by atoms with Gasteiger partial charge in [-0.15, -0.1) is 0 Å². The fourth-order valence-electron chi connectivity index (χ4n) is 2.50. The molecule has 4 N–H and O–H groups in total. The summed E-state index contributed by atoms with van der Waals surface area (Å²) in [6.07, 6.45) is 4.67. The predicted octanol–water partition coefficient (Wildman–Crippen LogP) is 4.87. The molecule has 0 fully saturated rings. The van der Waals surface area contributed by atoms with E-state index in [9.17, 15) is 0 Å². The lowest BCUT2D eigenvalue weighted by molar-refractivity contribution is 1.18. The van der Waals surface area contributed by atoms with Gasteiger partial charge in [-0.05, 0) is 35.8 Å². The zero-order valence-electron chi connectivity index (χ0n) is 13.3. The minimum atomic E-state index is 0.126. The smallest absolute Gasteiger partial charge is 0.222 e. The number of anilines is 2. The number of benzene rings is 2. The number of allylic oxidation sites excluding steroid dienone is 1. The van der Waals surface area contributed by atoms with Crippen LogP contribution in [-0.2, 0) is 6.42 Å². The van der Waals surface area contributed by atoms with E-state index in [1.54, 1.807) is 12.1 Å². The molecule has 0 unspecified atom stereocenters. The molecular weight excluding hydrogens is 355 g/mol. The average Bonchev–Trinajstić information content (AvgIpc) is 2.58. The maximum atomic E-state index is 6.13. The summed E-state index contributed by atoms with van der Waals surface area (Å²) in [5.41, 5.74) is 15.1. The molecule has 6 heteroatoms. The van der Waals surface area contributed by atoms with E-state index in [2.05, 4.69) is 22.1 Å². The lowest BCUT2D eigenvalue weighted by Gasteiger charge is -2.10. The van der Waals surface area contributed by atoms with Gasteiger partial charge in [-0.25, -0.2) is 4.98 Å². The van der Waals surface area contributed by atoms with Crippen LogP contribution in [0.2, 0.25) is 10.0 Å². The number of nitrogens with zero attached hydrogens (tertiary/aromatic N) is 2. The summed E-state index contributed by atoms with van der Waals surface area (Å²) < 4.78 is 0. The Balaban J connectivity index is 1.99. The van der Waals surface area contributed by atoms with E-state index in [0.717, 1.165) is 12.0 Å². The molecule has 0 spiro atoms. The van der Waals surface area contributed by atoms with Crippen molar-refractivity contribution in [3.8, 4) is 11.1 Å². The van der Waals surface area contributed by atoms with Crippen molar-refractivity contribution in [3.63, 3.8) is 0 Å². The molecule has 0 bridgehead atoms. The lowest BCUT2D eigenvalue weighted by atomic mass is 10.0. The second-order valence-electron chi connectivity index (χ2n) is 5.45. The zero-order valence-corrected chi connectivity index (χ0v) is 14.8. The number of aromatic nitrogens is 2. The molecule has 0 radical (unpaired) electrons. The molecule has 0 saturated heterocycles. The Labute approximate surface area is 156 Å². The highest BCUT2D eigenvalue weighted by Gasteiger charge is 2.13. The van der Waals surface area contributed by atoms with Crippen LogP contribution < -0.4 is 11.5 Å². The van der Waals surface area contributed by atoms with Crippen LogP contribution in [0.3, 0.4) is 0 Å². The van der Waals surface area contributed by atoms with Crippen LogP contribution in [0, 0.1) is 0 Å². The third-order valence-electron chi connectivity index (χ3n) is 3.66. The van der Waals surface area contributed by atoms with Gasteiger partial charge in [-0.2, -0.15) is 4.98 Å². The summed E-state index contributed by atoms with van der Waals surface area (Å²) in [5, 5.41) is 0.913. The molecule has 0 aliphatic heterocycles. The minimum absolute atomic E-state index is 0.126. The quantitative estimate of drug-likeness (QED) is 0.686. The number of nitrogens with two attached hydrogens (primary N) is 2. The normalized spacial score (nSPS) is 11.1. The van der Waals surface area contributed by atoms with Crippen molar-refractivity contribution < 1.29 is 0 Å². The van der Waals surface area contributed by atoms with Gasteiger partial charge in [0.05, 0.1) is 15.7 Å². The van der Waals surface area contributed by atoms with Crippen molar-refractivity contribution >= 4 is 41.0 Å². The lowest BCUT2D eigenvalue weighted by Crippen LogP contribution is -2.04. The molecule has 126 valence electrons. The molecule has 4 nitrogen and oxygen atoms in total. The summed E-state index contributed by atoms with van der Waals surface area (Å²) in [4.78, 5) is 8.38. The molecule has 1 aromatic heterocycles. The fraction of sp³-hybridized carbons (Fsp3) is 0.0526. The molecule has 0 saturated carbocycles. The minimum Gasteiger partial charge on any atom is -0.383 e. The molecule has 3 rings (SSSR count). The van der Waals surface area contributed by atoms with Crippen LogP contribution in [0.15, 0.2) is 54.6 Å². The Bertz CT molecular complexity index is 924. The third-order valence-corrected chi connectivity index (χ3v) is 4.40. The highest BCUT2D eigenvalue weighted by Crippen LogP contribution is 2.33. The number of nitrogen functional groups attached to an aromatic ring is 2. The van der Waals surface area contributed by atoms with E-state index in [0.29, 0.717) is 27.1 Å². The molecular formula is C19H16Cl2N4. The molecule has 3 aromatic rings. The summed E-state index contributed by atoms with van der Waals surface area (Å²) in [6.45, 7) is 0. The molecule has 2 aromatic carbocycles. The standard InChI is InChI=1S/C19H16Cl2N4/c20-14-10-9-13(11-15(14)21)17-16(24-19(23)25-18(17)22)8-4-7-12-5-2-1-3-6-12/h1-6,8-11H,7H2,(H4,22,23,24,25)/b8-4+. The first kappa shape index (κ1) is 17.3. The topological polar surface area (TPSA) is 77.8 Å². The van der Waals surface area contributed by atoms with Crippen molar-refractivity contribution in [2.45, 2.75) is 6.42 Å². The van der Waals surface area contributed by atoms with Gasteiger partial charge < -0.3 is 11.5 Å². The van der Waals surface area contributed by atoms with Crippen molar-refractivity contribution in [1.29, 1.82) is 0 Å². The predicted molar refractivity (Wildman–Crippen MR) is 105 cm³/mol. The van der Waals surface area contributed by atoms with Crippen LogP contribution in [-0.4, -0.2) is 9.97 Å². The van der Waals surface area contributed by atoms with E-state index >= 15 is 0 Å². The highest BCUT2D eigenvalue weighted by atomic mass is 35.5. The van der Waals surface area contributed by atoms with Crippen LogP contribution in [0.25, 0.3) is 17.2 Å². The maximum Gasteiger partial charge on any atom is 0.222 e. The highest BCUT2D eigenvalue weighted by molar-refractivity contribution is 6.42. The van der Waals surface area contributed by atoms with Gasteiger partial charge in [0.15, 0.2) is 0 Å². The first-order valence-electron chi connectivity index (χ1n) is 7.63. The van der Waals surface area contributed by atoms with E-state index in [-0.39, 0.29) is 5.95 Å². The van der Waals surface area contributed by atoms with Gasteiger partial charge in [-0.1, -0.05) is 65.7 Å². The second-order valence-corrected chi connectivity index (χ2v) is 6.26. The van der Waals surface area contributed by atoms with Gasteiger partial charge in [0.1, 0.15) is 5.82 Å². The first-order chi connectivity index (χ1) is 12.0. The molecule has 25 heavy (non-hydrogen) atoms. The van der Waals surface area contributed by atoms with Gasteiger partial charge in [0.25, 0.3) is 0 Å². The first-order valence-corrected chi connectivity index (χ1v) is 8.39. The van der Waals surface area contributed by atoms with E-state index in [4.69, 9.17) is 34.7 Å². The van der Waals surface area contributed by atoms with Gasteiger partial charge in [-0.3, -0.25) is 0 Å². The Hall–Kier alpha value is -2.56. The Morgan fingerprint density at radius 2 is 1.68 bits per heavy atom. The van der Waals surface area contributed by atoms with Crippen molar-refractivity contribution in [3.05, 3.63) is 75.9 Å². The molecule has 0 atom stereocenters. The van der Waals surface area contributed by atoms with Gasteiger partial charge in [0.2, 0.25) is 5.95 Å². The van der Waals surface area contributed by atoms with Crippen molar-refractivity contribution in [2.24, 2.45) is 0 Å². The Morgan fingerprint density at radius 3 is 2.40 bits per heavy atom. The summed E-state index contributed by atoms with van der Waals surface area (Å²) in [7, 11) is 0. The van der Waals surface area contributed by atoms with Crippen LogP contribution in [0.4, 0.5) is 11.8 Å². The fourth-order valence-corrected chi connectivity index (χ4v) is 2.80. The number of halogens is 2. The summed E-state index contributed by atoms with van der Waals surface area (Å²) in [6, 6.07) is 15.4. The molecule has 0 aliphatic carbocycles. The van der Waals surface area contributed by atoms with Crippen molar-refractivity contribution in [1.82, 2.24) is 9.97 Å². The van der Waals surface area contributed by atoms with Crippen molar-refractivity contribution in [2.75, 3.05) is 11.5 Å². The molecule has 1 heterocycles. The Kier molecular flexibility index (Phi) is 5.22. The number of hydrogen-bond acceptors (Lipinski definition) is 4. The Morgan fingerprint density at radius 1 is 0.920 bits per heavy atom.